The molecule has 0 bridgehead atoms. The Morgan fingerprint density at radius 3 is 3.11 bits per heavy atom. The first kappa shape index (κ1) is 13.6. The lowest BCUT2D eigenvalue weighted by Crippen LogP contribution is -2.30. The molecule has 1 aliphatic heterocycles. The number of nitrogens with zero attached hydrogens (tertiary/aromatic N) is 3. The van der Waals surface area contributed by atoms with Crippen LogP contribution in [0.1, 0.15) is 44.7 Å². The van der Waals surface area contributed by atoms with Crippen LogP contribution in [0.15, 0.2) is 12.4 Å². The van der Waals surface area contributed by atoms with Crippen LogP contribution in [0.3, 0.4) is 0 Å². The smallest absolute Gasteiger partial charge is 0.132 e. The highest BCUT2D eigenvalue weighted by Gasteiger charge is 2.25. The third-order valence-corrected chi connectivity index (χ3v) is 3.83. The molecule has 1 aromatic rings. The van der Waals surface area contributed by atoms with Crippen LogP contribution in [0.2, 0.25) is 0 Å². The largest absolute Gasteiger partial charge is 0.354 e. The molecule has 0 N–H and O–H groups in total. The van der Waals surface area contributed by atoms with Crippen LogP contribution < -0.4 is 4.90 Å². The van der Waals surface area contributed by atoms with E-state index in [1.165, 1.54) is 19.3 Å². The van der Waals surface area contributed by atoms with Crippen molar-refractivity contribution in [3.05, 3.63) is 18.1 Å². The number of aromatic nitrogens is 2. The Morgan fingerprint density at radius 2 is 2.33 bits per heavy atom. The summed E-state index contributed by atoms with van der Waals surface area (Å²) in [5.41, 5.74) is 1.16. The number of halogens is 1. The van der Waals surface area contributed by atoms with Gasteiger partial charge in [-0.3, -0.25) is 0 Å². The Labute approximate surface area is 115 Å². The summed E-state index contributed by atoms with van der Waals surface area (Å²) in [7, 11) is 0. The van der Waals surface area contributed by atoms with Crippen molar-refractivity contribution in [1.29, 1.82) is 0 Å². The fraction of sp³-hybridized carbons (Fsp3) is 0.714. The number of rotatable bonds is 6. The monoisotopic (exact) mass is 267 g/mol. The minimum absolute atomic E-state index is 0.619. The first-order valence-electron chi connectivity index (χ1n) is 6.98. The van der Waals surface area contributed by atoms with Crippen molar-refractivity contribution < 1.29 is 0 Å². The molecule has 100 valence electrons. The normalized spacial score (nSPS) is 19.4. The molecule has 0 radical (unpaired) electrons. The zero-order valence-corrected chi connectivity index (χ0v) is 11.9. The van der Waals surface area contributed by atoms with E-state index < -0.39 is 0 Å². The molecule has 1 saturated heterocycles. The van der Waals surface area contributed by atoms with E-state index in [0.29, 0.717) is 6.04 Å². The molecule has 0 aromatic carbocycles. The van der Waals surface area contributed by atoms with Crippen LogP contribution in [0.5, 0.6) is 0 Å². The molecule has 1 atom stereocenters. The van der Waals surface area contributed by atoms with Crippen molar-refractivity contribution in [1.82, 2.24) is 9.97 Å². The standard InChI is InChI=1S/C14H22ClN3/c1-2-5-12-10-14(17-11-16-12)18-9-4-7-13(18)6-3-8-15/h10-11,13H,2-9H2,1H3. The Kier molecular flexibility index (Phi) is 5.24. The van der Waals surface area contributed by atoms with Gasteiger partial charge in [0.15, 0.2) is 0 Å². The molecule has 0 spiro atoms. The van der Waals surface area contributed by atoms with E-state index in [4.69, 9.17) is 11.6 Å². The molecule has 1 aliphatic rings. The van der Waals surface area contributed by atoms with Gasteiger partial charge in [0.05, 0.1) is 0 Å². The second-order valence-corrected chi connectivity index (χ2v) is 5.32. The van der Waals surface area contributed by atoms with Crippen molar-refractivity contribution in [2.45, 2.75) is 51.5 Å². The summed E-state index contributed by atoms with van der Waals surface area (Å²) in [4.78, 5) is 11.2. The van der Waals surface area contributed by atoms with Gasteiger partial charge in [-0.15, -0.1) is 11.6 Å². The zero-order chi connectivity index (χ0) is 12.8. The van der Waals surface area contributed by atoms with Gasteiger partial charge in [-0.2, -0.15) is 0 Å². The maximum absolute atomic E-state index is 5.80. The summed E-state index contributed by atoms with van der Waals surface area (Å²) in [5.74, 6) is 1.86. The van der Waals surface area contributed by atoms with E-state index in [1.807, 2.05) is 0 Å². The third kappa shape index (κ3) is 3.35. The Balaban J connectivity index is 2.06. The summed E-state index contributed by atoms with van der Waals surface area (Å²) in [5, 5.41) is 0. The molecule has 0 aliphatic carbocycles. The molecular weight excluding hydrogens is 246 g/mol. The number of hydrogen-bond donors (Lipinski definition) is 0. The molecule has 0 amide bonds. The van der Waals surface area contributed by atoms with Gasteiger partial charge < -0.3 is 4.90 Å². The molecule has 0 saturated carbocycles. The van der Waals surface area contributed by atoms with E-state index in [-0.39, 0.29) is 0 Å². The van der Waals surface area contributed by atoms with Gasteiger partial charge in [-0.25, -0.2) is 9.97 Å². The summed E-state index contributed by atoms with van der Waals surface area (Å²) in [6, 6.07) is 2.77. The summed E-state index contributed by atoms with van der Waals surface area (Å²) in [6.45, 7) is 3.30. The van der Waals surface area contributed by atoms with Crippen molar-refractivity contribution in [3.8, 4) is 0 Å². The molecular formula is C14H22ClN3. The molecule has 2 heterocycles. The highest BCUT2D eigenvalue weighted by Crippen LogP contribution is 2.26. The van der Waals surface area contributed by atoms with Gasteiger partial charge in [0.25, 0.3) is 0 Å². The summed E-state index contributed by atoms with van der Waals surface area (Å²) >= 11 is 5.80. The molecule has 3 nitrogen and oxygen atoms in total. The lowest BCUT2D eigenvalue weighted by atomic mass is 10.1. The maximum atomic E-state index is 5.80. The maximum Gasteiger partial charge on any atom is 0.132 e. The predicted molar refractivity (Wildman–Crippen MR) is 76.3 cm³/mol. The highest BCUT2D eigenvalue weighted by atomic mass is 35.5. The van der Waals surface area contributed by atoms with Crippen molar-refractivity contribution in [2.75, 3.05) is 17.3 Å². The minimum Gasteiger partial charge on any atom is -0.354 e. The topological polar surface area (TPSA) is 29.0 Å². The molecule has 2 rings (SSSR count). The van der Waals surface area contributed by atoms with Crippen LogP contribution in [0.25, 0.3) is 0 Å². The molecule has 1 unspecified atom stereocenters. The summed E-state index contributed by atoms with van der Waals surface area (Å²) < 4.78 is 0. The van der Waals surface area contributed by atoms with Crippen molar-refractivity contribution in [3.63, 3.8) is 0 Å². The first-order valence-corrected chi connectivity index (χ1v) is 7.52. The average Bonchev–Trinajstić information content (AvgIpc) is 2.85. The van der Waals surface area contributed by atoms with Crippen LogP contribution in [0.4, 0.5) is 5.82 Å². The van der Waals surface area contributed by atoms with Crippen molar-refractivity contribution in [2.24, 2.45) is 0 Å². The zero-order valence-electron chi connectivity index (χ0n) is 11.1. The Hall–Kier alpha value is -0.830. The van der Waals surface area contributed by atoms with Crippen molar-refractivity contribution >= 4 is 17.4 Å². The predicted octanol–water partition coefficient (Wildman–Crippen LogP) is 3.42. The first-order chi connectivity index (χ1) is 8.85. The Bertz CT molecular complexity index is 370. The summed E-state index contributed by atoms with van der Waals surface area (Å²) in [6.07, 6.45) is 8.68. The van der Waals surface area contributed by atoms with Gasteiger partial charge in [0.1, 0.15) is 12.1 Å². The Morgan fingerprint density at radius 1 is 1.44 bits per heavy atom. The SMILES string of the molecule is CCCc1cc(N2CCCC2CCCCl)ncn1. The van der Waals surface area contributed by atoms with Crippen LogP contribution >= 0.6 is 11.6 Å². The van der Waals surface area contributed by atoms with Gasteiger partial charge >= 0.3 is 0 Å². The second-order valence-electron chi connectivity index (χ2n) is 4.94. The number of hydrogen-bond acceptors (Lipinski definition) is 3. The van der Waals surface area contributed by atoms with Crippen LogP contribution in [0, 0.1) is 0 Å². The number of aryl methyl sites for hydroxylation is 1. The molecule has 18 heavy (non-hydrogen) atoms. The fourth-order valence-electron chi connectivity index (χ4n) is 2.69. The van der Waals surface area contributed by atoms with Gasteiger partial charge in [-0.1, -0.05) is 13.3 Å². The second kappa shape index (κ2) is 6.93. The quantitative estimate of drug-likeness (QED) is 0.740. The minimum atomic E-state index is 0.619. The molecule has 1 fully saturated rings. The lowest BCUT2D eigenvalue weighted by molar-refractivity contribution is 0.597. The van der Waals surface area contributed by atoms with Crippen LogP contribution in [-0.2, 0) is 6.42 Å². The van der Waals surface area contributed by atoms with Gasteiger partial charge in [-0.05, 0) is 32.1 Å². The number of alkyl halides is 1. The van der Waals surface area contributed by atoms with E-state index in [2.05, 4.69) is 27.9 Å². The average molecular weight is 268 g/mol. The third-order valence-electron chi connectivity index (χ3n) is 3.56. The van der Waals surface area contributed by atoms with E-state index in [1.54, 1.807) is 6.33 Å². The number of anilines is 1. The van der Waals surface area contributed by atoms with Gasteiger partial charge in [0.2, 0.25) is 0 Å². The molecule has 4 heteroatoms. The van der Waals surface area contributed by atoms with Gasteiger partial charge in [0, 0.05) is 30.2 Å². The van der Waals surface area contributed by atoms with Crippen LogP contribution in [-0.4, -0.2) is 28.4 Å². The van der Waals surface area contributed by atoms with E-state index in [0.717, 1.165) is 43.2 Å². The fourth-order valence-corrected chi connectivity index (χ4v) is 2.84. The van der Waals surface area contributed by atoms with E-state index >= 15 is 0 Å². The highest BCUT2D eigenvalue weighted by molar-refractivity contribution is 6.17. The van der Waals surface area contributed by atoms with E-state index in [9.17, 15) is 0 Å². The lowest BCUT2D eigenvalue weighted by Gasteiger charge is -2.25. The molecule has 1 aromatic heterocycles.